The van der Waals surface area contributed by atoms with Gasteiger partial charge in [-0.1, -0.05) is 18.2 Å². The number of nitrogens with zero attached hydrogens (tertiary/aromatic N) is 4. The first-order chi connectivity index (χ1) is 15.1. The Kier molecular flexibility index (Phi) is 6.23. The maximum absolute atomic E-state index is 12.6. The van der Waals surface area contributed by atoms with Gasteiger partial charge < -0.3 is 18.9 Å². The van der Waals surface area contributed by atoms with Crippen LogP contribution in [-0.2, 0) is 18.4 Å². The Balaban J connectivity index is 1.33. The van der Waals surface area contributed by atoms with Gasteiger partial charge in [-0.3, -0.25) is 9.69 Å². The van der Waals surface area contributed by atoms with Gasteiger partial charge in [0.1, 0.15) is 5.82 Å². The van der Waals surface area contributed by atoms with E-state index in [0.717, 1.165) is 42.1 Å². The summed E-state index contributed by atoms with van der Waals surface area (Å²) in [6, 6.07) is 13.8. The Bertz CT molecular complexity index is 1100. The summed E-state index contributed by atoms with van der Waals surface area (Å²) in [5.74, 6) is 2.39. The fourth-order valence-corrected chi connectivity index (χ4v) is 3.89. The van der Waals surface area contributed by atoms with Crippen molar-refractivity contribution in [3.05, 3.63) is 59.9 Å². The highest BCUT2D eigenvalue weighted by molar-refractivity contribution is 5.92. The van der Waals surface area contributed by atoms with E-state index in [4.69, 9.17) is 14.5 Å². The van der Waals surface area contributed by atoms with Crippen molar-refractivity contribution in [2.45, 2.75) is 6.54 Å². The number of aromatic nitrogens is 2. The van der Waals surface area contributed by atoms with Crippen molar-refractivity contribution in [3.8, 4) is 11.5 Å². The van der Waals surface area contributed by atoms with Crippen LogP contribution in [0.1, 0.15) is 11.4 Å². The molecule has 7 heteroatoms. The molecular formula is C24H28N4O3. The van der Waals surface area contributed by atoms with E-state index in [0.29, 0.717) is 24.6 Å². The van der Waals surface area contributed by atoms with Gasteiger partial charge in [-0.15, -0.1) is 0 Å². The molecule has 0 radical (unpaired) electrons. The van der Waals surface area contributed by atoms with Crippen molar-refractivity contribution in [2.75, 3.05) is 40.4 Å². The predicted octanol–water partition coefficient (Wildman–Crippen LogP) is 2.95. The molecule has 2 aromatic carbocycles. The fraction of sp³-hybridized carbons (Fsp3) is 0.333. The third-order valence-corrected chi connectivity index (χ3v) is 5.75. The van der Waals surface area contributed by atoms with Crippen molar-refractivity contribution in [3.63, 3.8) is 0 Å². The number of methoxy groups -OCH3 is 2. The van der Waals surface area contributed by atoms with Gasteiger partial charge in [-0.05, 0) is 35.9 Å². The smallest absolute Gasteiger partial charge is 0.246 e. The lowest BCUT2D eigenvalue weighted by atomic mass is 10.2. The first-order valence-corrected chi connectivity index (χ1v) is 10.4. The molecule has 162 valence electrons. The van der Waals surface area contributed by atoms with Crippen LogP contribution in [-0.4, -0.2) is 65.7 Å². The van der Waals surface area contributed by atoms with Gasteiger partial charge in [-0.25, -0.2) is 4.98 Å². The summed E-state index contributed by atoms with van der Waals surface area (Å²) in [5, 5.41) is 0. The molecular weight excluding hydrogens is 392 g/mol. The monoisotopic (exact) mass is 420 g/mol. The Morgan fingerprint density at radius 2 is 1.77 bits per heavy atom. The van der Waals surface area contributed by atoms with E-state index in [1.807, 2.05) is 47.4 Å². The highest BCUT2D eigenvalue weighted by Crippen LogP contribution is 2.28. The van der Waals surface area contributed by atoms with E-state index >= 15 is 0 Å². The first kappa shape index (κ1) is 20.9. The Morgan fingerprint density at radius 1 is 1.03 bits per heavy atom. The molecule has 31 heavy (non-hydrogen) atoms. The van der Waals surface area contributed by atoms with Crippen molar-refractivity contribution in [2.24, 2.45) is 7.05 Å². The van der Waals surface area contributed by atoms with Crippen LogP contribution in [0.15, 0.2) is 48.5 Å². The number of carbonyl (C=O) groups excluding carboxylic acids is 1. The molecule has 1 aliphatic rings. The number of para-hydroxylation sites is 2. The van der Waals surface area contributed by atoms with Crippen LogP contribution >= 0.6 is 0 Å². The standard InChI is InChI=1S/C24H28N4O3/c1-26-20-7-5-4-6-19(20)25-23(26)17-27-12-14-28(15-13-27)24(29)11-9-18-8-10-21(30-2)22(16-18)31-3/h4-11,16H,12-15,17H2,1-3H3/b11-9-. The third-order valence-electron chi connectivity index (χ3n) is 5.75. The number of aryl methyl sites for hydroxylation is 1. The molecule has 3 aromatic rings. The Hall–Kier alpha value is -3.32. The lowest BCUT2D eigenvalue weighted by molar-refractivity contribution is -0.127. The number of fused-ring (bicyclic) bond motifs is 1. The van der Waals surface area contributed by atoms with E-state index in [2.05, 4.69) is 22.6 Å². The van der Waals surface area contributed by atoms with Crippen LogP contribution in [0, 0.1) is 0 Å². The number of hydrogen-bond acceptors (Lipinski definition) is 5. The first-order valence-electron chi connectivity index (χ1n) is 10.4. The molecule has 0 saturated carbocycles. The second-order valence-corrected chi connectivity index (χ2v) is 7.62. The highest BCUT2D eigenvalue weighted by Gasteiger charge is 2.21. The molecule has 1 amide bonds. The summed E-state index contributed by atoms with van der Waals surface area (Å²) in [6.07, 6.45) is 3.44. The number of hydrogen-bond donors (Lipinski definition) is 0. The van der Waals surface area contributed by atoms with Crippen LogP contribution in [0.2, 0.25) is 0 Å². The van der Waals surface area contributed by atoms with Crippen molar-refractivity contribution >= 4 is 23.0 Å². The minimum atomic E-state index is 0.0252. The van der Waals surface area contributed by atoms with Gasteiger partial charge in [0.2, 0.25) is 5.91 Å². The summed E-state index contributed by atoms with van der Waals surface area (Å²) in [7, 11) is 5.26. The van der Waals surface area contributed by atoms with Gasteiger partial charge in [0.15, 0.2) is 11.5 Å². The molecule has 1 saturated heterocycles. The van der Waals surface area contributed by atoms with E-state index in [-0.39, 0.29) is 5.91 Å². The third kappa shape index (κ3) is 4.56. The number of rotatable bonds is 6. The Labute approximate surface area is 182 Å². The van der Waals surface area contributed by atoms with E-state index in [1.54, 1.807) is 20.3 Å². The number of carbonyl (C=O) groups is 1. The van der Waals surface area contributed by atoms with Crippen LogP contribution in [0.25, 0.3) is 17.1 Å². The second-order valence-electron chi connectivity index (χ2n) is 7.62. The van der Waals surface area contributed by atoms with Gasteiger partial charge in [0.05, 0.1) is 31.8 Å². The number of benzene rings is 2. The molecule has 4 rings (SSSR count). The molecule has 0 aliphatic carbocycles. The molecule has 1 aromatic heterocycles. The fourth-order valence-electron chi connectivity index (χ4n) is 3.89. The van der Waals surface area contributed by atoms with Crippen LogP contribution in [0.4, 0.5) is 0 Å². The Morgan fingerprint density at radius 3 is 2.48 bits per heavy atom. The van der Waals surface area contributed by atoms with E-state index in [1.165, 1.54) is 0 Å². The van der Waals surface area contributed by atoms with Crippen LogP contribution in [0.3, 0.4) is 0 Å². The minimum absolute atomic E-state index is 0.0252. The molecule has 0 unspecified atom stereocenters. The van der Waals surface area contributed by atoms with Gasteiger partial charge in [0, 0.05) is 39.3 Å². The maximum Gasteiger partial charge on any atom is 0.246 e. The van der Waals surface area contributed by atoms with Crippen molar-refractivity contribution < 1.29 is 14.3 Å². The molecule has 0 spiro atoms. The molecule has 2 heterocycles. The van der Waals surface area contributed by atoms with Crippen LogP contribution in [0.5, 0.6) is 11.5 Å². The summed E-state index contributed by atoms with van der Waals surface area (Å²) in [5.41, 5.74) is 3.06. The quantitative estimate of drug-likeness (QED) is 0.574. The molecule has 0 N–H and O–H groups in total. The zero-order chi connectivity index (χ0) is 21.8. The largest absolute Gasteiger partial charge is 0.493 e. The van der Waals surface area contributed by atoms with Crippen LogP contribution < -0.4 is 9.47 Å². The van der Waals surface area contributed by atoms with Crippen molar-refractivity contribution in [1.29, 1.82) is 0 Å². The number of amides is 1. The van der Waals surface area contributed by atoms with E-state index < -0.39 is 0 Å². The molecule has 0 bridgehead atoms. The normalized spacial score (nSPS) is 15.0. The average Bonchev–Trinajstić information content (AvgIpc) is 3.13. The lowest BCUT2D eigenvalue weighted by Crippen LogP contribution is -2.48. The molecule has 1 aliphatic heterocycles. The SMILES string of the molecule is COc1ccc(/C=C\C(=O)N2CCN(Cc3nc4ccccc4n3C)CC2)cc1OC. The summed E-state index contributed by atoms with van der Waals surface area (Å²) in [6.45, 7) is 3.87. The zero-order valence-corrected chi connectivity index (χ0v) is 18.2. The average molecular weight is 421 g/mol. The number of imidazole rings is 1. The van der Waals surface area contributed by atoms with Crippen molar-refractivity contribution in [1.82, 2.24) is 19.4 Å². The summed E-state index contributed by atoms with van der Waals surface area (Å²) < 4.78 is 12.7. The van der Waals surface area contributed by atoms with Gasteiger partial charge in [0.25, 0.3) is 0 Å². The molecule has 7 nitrogen and oxygen atoms in total. The highest BCUT2D eigenvalue weighted by atomic mass is 16.5. The predicted molar refractivity (Wildman–Crippen MR) is 121 cm³/mol. The molecule has 0 atom stereocenters. The number of piperazine rings is 1. The second kappa shape index (κ2) is 9.22. The lowest BCUT2D eigenvalue weighted by Gasteiger charge is -2.34. The topological polar surface area (TPSA) is 59.8 Å². The van der Waals surface area contributed by atoms with E-state index in [9.17, 15) is 4.79 Å². The van der Waals surface area contributed by atoms with Gasteiger partial charge in [-0.2, -0.15) is 0 Å². The summed E-state index contributed by atoms with van der Waals surface area (Å²) >= 11 is 0. The molecule has 1 fully saturated rings. The number of ether oxygens (including phenoxy) is 2. The summed E-state index contributed by atoms with van der Waals surface area (Å²) in [4.78, 5) is 21.6. The zero-order valence-electron chi connectivity index (χ0n) is 18.2. The maximum atomic E-state index is 12.6. The minimum Gasteiger partial charge on any atom is -0.493 e. The van der Waals surface area contributed by atoms with Gasteiger partial charge >= 0.3 is 0 Å².